The molecule has 0 fully saturated rings. The van der Waals surface area contributed by atoms with Gasteiger partial charge in [-0.3, -0.25) is 0 Å². The zero-order valence-corrected chi connectivity index (χ0v) is 11.0. The van der Waals surface area contributed by atoms with Gasteiger partial charge in [0.25, 0.3) is 0 Å². The summed E-state index contributed by atoms with van der Waals surface area (Å²) in [5.41, 5.74) is -0.355. The van der Waals surface area contributed by atoms with Crippen molar-refractivity contribution in [2.24, 2.45) is 0 Å². The van der Waals surface area contributed by atoms with Crippen LogP contribution in [0.1, 0.15) is 25.3 Å². The first-order chi connectivity index (χ1) is 8.94. The SMILES string of the molecule is CCCC(C#N)NS(=O)(=O)c1ccc(F)c(C#N)c1. The molecule has 19 heavy (non-hydrogen) atoms. The summed E-state index contributed by atoms with van der Waals surface area (Å²) in [5.74, 6) is -0.785. The van der Waals surface area contributed by atoms with E-state index >= 15 is 0 Å². The fourth-order valence-corrected chi connectivity index (χ4v) is 2.65. The maximum absolute atomic E-state index is 13.1. The molecule has 5 nitrogen and oxygen atoms in total. The van der Waals surface area contributed by atoms with Crippen LogP contribution in [0.2, 0.25) is 0 Å². The van der Waals surface area contributed by atoms with E-state index in [4.69, 9.17) is 10.5 Å². The van der Waals surface area contributed by atoms with E-state index in [1.165, 1.54) is 0 Å². The maximum Gasteiger partial charge on any atom is 0.241 e. The standard InChI is InChI=1S/C12H12FN3O2S/c1-2-3-10(8-15)16-19(17,18)11-4-5-12(13)9(6-11)7-14/h4-6,10,16H,2-3H2,1H3. The molecule has 0 radical (unpaired) electrons. The van der Waals surface area contributed by atoms with Crippen molar-refractivity contribution in [1.29, 1.82) is 10.5 Å². The molecule has 1 aromatic carbocycles. The lowest BCUT2D eigenvalue weighted by atomic mass is 10.2. The first-order valence-electron chi connectivity index (χ1n) is 5.56. The third-order valence-corrected chi connectivity index (χ3v) is 3.87. The lowest BCUT2D eigenvalue weighted by molar-refractivity contribution is 0.562. The first kappa shape index (κ1) is 15.1. The van der Waals surface area contributed by atoms with Crippen molar-refractivity contribution >= 4 is 10.0 Å². The van der Waals surface area contributed by atoms with Gasteiger partial charge in [-0.2, -0.15) is 15.2 Å². The van der Waals surface area contributed by atoms with E-state index in [2.05, 4.69) is 4.72 Å². The second kappa shape index (κ2) is 6.28. The quantitative estimate of drug-likeness (QED) is 0.888. The number of nitriles is 2. The van der Waals surface area contributed by atoms with Gasteiger partial charge in [0, 0.05) is 0 Å². The van der Waals surface area contributed by atoms with Gasteiger partial charge in [0.05, 0.1) is 16.5 Å². The van der Waals surface area contributed by atoms with Crippen molar-refractivity contribution in [2.45, 2.75) is 30.7 Å². The average molecular weight is 281 g/mol. The number of nitrogens with zero attached hydrogens (tertiary/aromatic N) is 2. The molecule has 100 valence electrons. The van der Waals surface area contributed by atoms with Crippen molar-refractivity contribution in [3.63, 3.8) is 0 Å². The van der Waals surface area contributed by atoms with Gasteiger partial charge in [0.2, 0.25) is 10.0 Å². The van der Waals surface area contributed by atoms with Gasteiger partial charge in [0.1, 0.15) is 17.9 Å². The second-order valence-corrected chi connectivity index (χ2v) is 5.56. The summed E-state index contributed by atoms with van der Waals surface area (Å²) < 4.78 is 39.3. The molecule has 7 heteroatoms. The molecule has 1 unspecified atom stereocenters. The van der Waals surface area contributed by atoms with E-state index in [0.717, 1.165) is 18.2 Å². The largest absolute Gasteiger partial charge is 0.241 e. The van der Waals surface area contributed by atoms with Crippen molar-refractivity contribution in [3.05, 3.63) is 29.6 Å². The third-order valence-electron chi connectivity index (χ3n) is 2.40. The molecule has 0 spiro atoms. The summed E-state index contributed by atoms with van der Waals surface area (Å²) >= 11 is 0. The smallest absolute Gasteiger partial charge is 0.207 e. The molecular formula is C12H12FN3O2S. The predicted octanol–water partition coefficient (Wildman–Crippen LogP) is 1.67. The topological polar surface area (TPSA) is 93.8 Å². The Morgan fingerprint density at radius 1 is 1.42 bits per heavy atom. The second-order valence-electron chi connectivity index (χ2n) is 3.85. The summed E-state index contributed by atoms with van der Waals surface area (Å²) in [5, 5.41) is 17.5. The normalized spacial score (nSPS) is 12.4. The number of benzene rings is 1. The molecule has 0 aliphatic heterocycles. The number of rotatable bonds is 5. The van der Waals surface area contributed by atoms with Crippen LogP contribution in [0.15, 0.2) is 23.1 Å². The van der Waals surface area contributed by atoms with Crippen LogP contribution < -0.4 is 4.72 Å². The van der Waals surface area contributed by atoms with Crippen LogP contribution in [0.4, 0.5) is 4.39 Å². The molecule has 1 atom stereocenters. The molecule has 0 amide bonds. The molecule has 0 bridgehead atoms. The van der Waals surface area contributed by atoms with Gasteiger partial charge in [-0.25, -0.2) is 12.8 Å². The van der Waals surface area contributed by atoms with Gasteiger partial charge in [-0.15, -0.1) is 0 Å². The van der Waals surface area contributed by atoms with E-state index in [1.54, 1.807) is 6.07 Å². The van der Waals surface area contributed by atoms with Crippen molar-refractivity contribution in [2.75, 3.05) is 0 Å². The minimum Gasteiger partial charge on any atom is -0.207 e. The number of sulfonamides is 1. The average Bonchev–Trinajstić information content (AvgIpc) is 2.38. The Morgan fingerprint density at radius 2 is 2.11 bits per heavy atom. The molecule has 0 saturated carbocycles. The summed E-state index contributed by atoms with van der Waals surface area (Å²) in [6, 6.07) is 5.47. The summed E-state index contributed by atoms with van der Waals surface area (Å²) in [4.78, 5) is -0.234. The zero-order valence-electron chi connectivity index (χ0n) is 10.2. The number of hydrogen-bond donors (Lipinski definition) is 1. The Morgan fingerprint density at radius 3 is 2.63 bits per heavy atom. The molecule has 1 aromatic rings. The third kappa shape index (κ3) is 3.75. The van der Waals surface area contributed by atoms with Crippen LogP contribution in [0.5, 0.6) is 0 Å². The van der Waals surface area contributed by atoms with E-state index in [0.29, 0.717) is 12.8 Å². The molecule has 1 rings (SSSR count). The molecule has 1 N–H and O–H groups in total. The van der Waals surface area contributed by atoms with Crippen molar-refractivity contribution < 1.29 is 12.8 Å². The highest BCUT2D eigenvalue weighted by molar-refractivity contribution is 7.89. The van der Waals surface area contributed by atoms with Gasteiger partial charge >= 0.3 is 0 Å². The fraction of sp³-hybridized carbons (Fsp3) is 0.333. The lowest BCUT2D eigenvalue weighted by Gasteiger charge is -2.11. The monoisotopic (exact) mass is 281 g/mol. The molecular weight excluding hydrogens is 269 g/mol. The molecule has 0 saturated heterocycles. The molecule has 0 aliphatic rings. The van der Waals surface area contributed by atoms with E-state index in [-0.39, 0.29) is 10.5 Å². The summed E-state index contributed by atoms with van der Waals surface area (Å²) in [6.45, 7) is 1.82. The Hall–Kier alpha value is -1.96. The predicted molar refractivity (Wildman–Crippen MR) is 65.7 cm³/mol. The highest BCUT2D eigenvalue weighted by atomic mass is 32.2. The van der Waals surface area contributed by atoms with Gasteiger partial charge < -0.3 is 0 Å². The van der Waals surface area contributed by atoms with Gasteiger partial charge in [0.15, 0.2) is 0 Å². The van der Waals surface area contributed by atoms with Crippen LogP contribution in [-0.4, -0.2) is 14.5 Å². The lowest BCUT2D eigenvalue weighted by Crippen LogP contribution is -2.33. The van der Waals surface area contributed by atoms with Crippen LogP contribution in [-0.2, 0) is 10.0 Å². The van der Waals surface area contributed by atoms with Crippen LogP contribution >= 0.6 is 0 Å². The highest BCUT2D eigenvalue weighted by Crippen LogP contribution is 2.15. The number of halogens is 1. The Bertz CT molecular complexity index is 644. The zero-order chi connectivity index (χ0) is 14.5. The van der Waals surface area contributed by atoms with Gasteiger partial charge in [-0.1, -0.05) is 13.3 Å². The summed E-state index contributed by atoms with van der Waals surface area (Å²) in [6.07, 6.45) is 1.02. The first-order valence-corrected chi connectivity index (χ1v) is 7.04. The van der Waals surface area contributed by atoms with E-state index in [9.17, 15) is 12.8 Å². The maximum atomic E-state index is 13.1. The van der Waals surface area contributed by atoms with E-state index in [1.807, 2.05) is 13.0 Å². The Kier molecular flexibility index (Phi) is 4.99. The summed E-state index contributed by atoms with van der Waals surface area (Å²) in [7, 11) is -3.93. The Labute approximate surface area is 111 Å². The van der Waals surface area contributed by atoms with E-state index < -0.39 is 21.9 Å². The van der Waals surface area contributed by atoms with Crippen LogP contribution in [0, 0.1) is 28.5 Å². The Balaban J connectivity index is 3.08. The fourth-order valence-electron chi connectivity index (χ4n) is 1.45. The molecule has 0 aliphatic carbocycles. The molecule has 0 aromatic heterocycles. The highest BCUT2D eigenvalue weighted by Gasteiger charge is 2.20. The van der Waals surface area contributed by atoms with Crippen molar-refractivity contribution in [3.8, 4) is 12.1 Å². The van der Waals surface area contributed by atoms with Crippen LogP contribution in [0.3, 0.4) is 0 Å². The molecule has 0 heterocycles. The van der Waals surface area contributed by atoms with Crippen LogP contribution in [0.25, 0.3) is 0 Å². The van der Waals surface area contributed by atoms with Crippen molar-refractivity contribution in [1.82, 2.24) is 4.72 Å². The van der Waals surface area contributed by atoms with Gasteiger partial charge in [-0.05, 0) is 24.6 Å². The number of nitrogens with one attached hydrogen (secondary N) is 1. The number of hydrogen-bond acceptors (Lipinski definition) is 4. The minimum absolute atomic E-state index is 0.234. The minimum atomic E-state index is -3.93.